The first-order valence-electron chi connectivity index (χ1n) is 8.31. The molecule has 0 amide bonds. The molecule has 132 valence electrons. The van der Waals surface area contributed by atoms with Gasteiger partial charge in [-0.1, -0.05) is 23.7 Å². The van der Waals surface area contributed by atoms with Crippen LogP contribution in [0.5, 0.6) is 0 Å². The first-order valence-corrected chi connectivity index (χ1v) is 8.69. The van der Waals surface area contributed by atoms with E-state index in [0.29, 0.717) is 10.7 Å². The molecule has 5 rings (SSSR count). The molecule has 1 aliphatic rings. The van der Waals surface area contributed by atoms with Gasteiger partial charge in [0.05, 0.1) is 5.52 Å². The number of hydrogen-bond donors (Lipinski definition) is 0. The zero-order chi connectivity index (χ0) is 17.9. The van der Waals surface area contributed by atoms with Gasteiger partial charge in [0.15, 0.2) is 5.65 Å². The van der Waals surface area contributed by atoms with Crippen LogP contribution in [0, 0.1) is 0 Å². The maximum Gasteiger partial charge on any atom is 0.257 e. The Kier molecular flexibility index (Phi) is 3.31. The van der Waals surface area contributed by atoms with E-state index in [-0.39, 0.29) is 5.41 Å². The highest BCUT2D eigenvalue weighted by molar-refractivity contribution is 6.29. The summed E-state index contributed by atoms with van der Waals surface area (Å²) in [7, 11) is 0. The van der Waals surface area contributed by atoms with Gasteiger partial charge in [0.1, 0.15) is 11.7 Å². The van der Waals surface area contributed by atoms with Crippen LogP contribution in [0.2, 0.25) is 5.15 Å². The standard InChI is InChI=1S/C18H14ClF2N5/c19-15-8-13(17-22-5-6-26(17)24-15)18(3-4-18)12-2-1-11-9-25(10-16(20)21)23-14(11)7-12/h1-2,5-9,16H,3-4,10H2. The number of rotatable bonds is 4. The van der Waals surface area contributed by atoms with Gasteiger partial charge in [0.25, 0.3) is 6.43 Å². The third-order valence-corrected chi connectivity index (χ3v) is 5.21. The quantitative estimate of drug-likeness (QED) is 0.541. The third kappa shape index (κ3) is 2.38. The van der Waals surface area contributed by atoms with Crippen molar-refractivity contribution in [3.63, 3.8) is 0 Å². The average Bonchev–Trinajstić information content (AvgIpc) is 3.09. The number of imidazole rings is 1. The largest absolute Gasteiger partial charge is 0.266 e. The summed E-state index contributed by atoms with van der Waals surface area (Å²) < 4.78 is 28.2. The van der Waals surface area contributed by atoms with Crippen LogP contribution in [0.4, 0.5) is 8.78 Å². The molecule has 0 unspecified atom stereocenters. The molecule has 3 aromatic heterocycles. The molecule has 0 atom stereocenters. The van der Waals surface area contributed by atoms with E-state index in [4.69, 9.17) is 11.6 Å². The highest BCUT2D eigenvalue weighted by Crippen LogP contribution is 2.55. The van der Waals surface area contributed by atoms with Crippen molar-refractivity contribution >= 4 is 28.2 Å². The van der Waals surface area contributed by atoms with E-state index in [1.54, 1.807) is 23.1 Å². The van der Waals surface area contributed by atoms with E-state index in [9.17, 15) is 8.78 Å². The topological polar surface area (TPSA) is 48.0 Å². The summed E-state index contributed by atoms with van der Waals surface area (Å²) in [6.45, 7) is -0.399. The molecule has 0 saturated heterocycles. The van der Waals surface area contributed by atoms with Gasteiger partial charge >= 0.3 is 0 Å². The lowest BCUT2D eigenvalue weighted by molar-refractivity contribution is 0.122. The Labute approximate surface area is 152 Å². The molecular weight excluding hydrogens is 360 g/mol. The van der Waals surface area contributed by atoms with Crippen LogP contribution < -0.4 is 0 Å². The predicted octanol–water partition coefficient (Wildman–Crippen LogP) is 4.08. The van der Waals surface area contributed by atoms with Crippen molar-refractivity contribution in [1.29, 1.82) is 0 Å². The second-order valence-electron chi connectivity index (χ2n) is 6.67. The number of nitrogens with zero attached hydrogens (tertiary/aromatic N) is 5. The number of fused-ring (bicyclic) bond motifs is 2. The lowest BCUT2D eigenvalue weighted by atomic mass is 9.88. The summed E-state index contributed by atoms with van der Waals surface area (Å²) in [5.74, 6) is 0. The van der Waals surface area contributed by atoms with Crippen LogP contribution in [0.1, 0.15) is 24.0 Å². The number of halogens is 3. The Balaban J connectivity index is 1.63. The Morgan fingerprint density at radius 3 is 2.81 bits per heavy atom. The molecule has 26 heavy (non-hydrogen) atoms. The molecule has 1 aliphatic carbocycles. The van der Waals surface area contributed by atoms with Gasteiger partial charge in [0, 0.05) is 35.0 Å². The molecule has 3 heterocycles. The Bertz CT molecular complexity index is 1130. The van der Waals surface area contributed by atoms with Crippen molar-refractivity contribution in [2.24, 2.45) is 0 Å². The van der Waals surface area contributed by atoms with Gasteiger partial charge < -0.3 is 0 Å². The average molecular weight is 374 g/mol. The van der Waals surface area contributed by atoms with Crippen LogP contribution in [0.15, 0.2) is 42.9 Å². The molecule has 1 aromatic carbocycles. The summed E-state index contributed by atoms with van der Waals surface area (Å²) in [4.78, 5) is 4.43. The molecule has 0 spiro atoms. The van der Waals surface area contributed by atoms with Crippen molar-refractivity contribution < 1.29 is 8.78 Å². The van der Waals surface area contributed by atoms with Crippen molar-refractivity contribution in [1.82, 2.24) is 24.4 Å². The molecule has 0 bridgehead atoms. The molecule has 1 fully saturated rings. The summed E-state index contributed by atoms with van der Waals surface area (Å²) in [6, 6.07) is 7.83. The Morgan fingerprint density at radius 1 is 1.19 bits per heavy atom. The second kappa shape index (κ2) is 5.48. The van der Waals surface area contributed by atoms with E-state index < -0.39 is 13.0 Å². The first kappa shape index (κ1) is 15.7. The van der Waals surface area contributed by atoms with Crippen LogP contribution in [0.3, 0.4) is 0 Å². The van der Waals surface area contributed by atoms with Gasteiger partial charge in [-0.15, -0.1) is 0 Å². The Hall–Kier alpha value is -2.54. The van der Waals surface area contributed by atoms with Gasteiger partial charge in [-0.2, -0.15) is 10.2 Å². The highest BCUT2D eigenvalue weighted by Gasteiger charge is 2.48. The molecule has 0 N–H and O–H groups in total. The van der Waals surface area contributed by atoms with Crippen LogP contribution in [-0.4, -0.2) is 30.8 Å². The van der Waals surface area contributed by atoms with E-state index in [1.807, 2.05) is 24.3 Å². The maximum absolute atomic E-state index is 12.6. The van der Waals surface area contributed by atoms with Crippen molar-refractivity contribution in [2.75, 3.05) is 0 Å². The smallest absolute Gasteiger partial charge is 0.257 e. The molecule has 5 nitrogen and oxygen atoms in total. The van der Waals surface area contributed by atoms with E-state index >= 15 is 0 Å². The zero-order valence-corrected chi connectivity index (χ0v) is 14.4. The van der Waals surface area contributed by atoms with Gasteiger partial charge in [0.2, 0.25) is 0 Å². The molecule has 1 saturated carbocycles. The summed E-state index contributed by atoms with van der Waals surface area (Å²) >= 11 is 6.20. The number of aromatic nitrogens is 5. The maximum atomic E-state index is 12.6. The fourth-order valence-electron chi connectivity index (χ4n) is 3.68. The third-order valence-electron chi connectivity index (χ3n) is 5.03. The molecule has 4 aromatic rings. The zero-order valence-electron chi connectivity index (χ0n) is 13.6. The number of hydrogen-bond acceptors (Lipinski definition) is 3. The molecule has 8 heteroatoms. The van der Waals surface area contributed by atoms with Crippen molar-refractivity contribution in [2.45, 2.75) is 31.2 Å². The highest BCUT2D eigenvalue weighted by atomic mass is 35.5. The van der Waals surface area contributed by atoms with Gasteiger partial charge in [-0.05, 0) is 30.5 Å². The summed E-state index contributed by atoms with van der Waals surface area (Å²) in [6.07, 6.45) is 4.65. The number of alkyl halides is 2. The van der Waals surface area contributed by atoms with Gasteiger partial charge in [-0.25, -0.2) is 18.3 Å². The van der Waals surface area contributed by atoms with Crippen LogP contribution in [-0.2, 0) is 12.0 Å². The monoisotopic (exact) mass is 373 g/mol. The number of benzene rings is 1. The predicted molar refractivity (Wildman–Crippen MR) is 93.7 cm³/mol. The van der Waals surface area contributed by atoms with Crippen molar-refractivity contribution in [3.8, 4) is 0 Å². The minimum Gasteiger partial charge on any atom is -0.266 e. The second-order valence-corrected chi connectivity index (χ2v) is 7.06. The summed E-state index contributed by atoms with van der Waals surface area (Å²) in [5, 5.41) is 9.81. The minimum absolute atomic E-state index is 0.181. The van der Waals surface area contributed by atoms with E-state index in [1.165, 1.54) is 4.68 Å². The molecule has 0 aliphatic heterocycles. The van der Waals surface area contributed by atoms with Crippen LogP contribution in [0.25, 0.3) is 16.6 Å². The lowest BCUT2D eigenvalue weighted by Crippen LogP contribution is -2.12. The van der Waals surface area contributed by atoms with Crippen LogP contribution >= 0.6 is 11.6 Å². The molecular formula is C18H14ClF2N5. The lowest BCUT2D eigenvalue weighted by Gasteiger charge is -2.17. The van der Waals surface area contributed by atoms with Gasteiger partial charge in [-0.3, -0.25) is 4.68 Å². The first-order chi connectivity index (χ1) is 12.5. The normalized spacial score (nSPS) is 16.0. The summed E-state index contributed by atoms with van der Waals surface area (Å²) in [5.41, 5.74) is 3.46. The molecule has 0 radical (unpaired) electrons. The van der Waals surface area contributed by atoms with E-state index in [0.717, 1.165) is 35.0 Å². The Morgan fingerprint density at radius 2 is 2.04 bits per heavy atom. The van der Waals surface area contributed by atoms with E-state index in [2.05, 4.69) is 15.2 Å². The van der Waals surface area contributed by atoms with Crippen molar-refractivity contribution in [3.05, 3.63) is 59.1 Å². The minimum atomic E-state index is -2.42. The fourth-order valence-corrected chi connectivity index (χ4v) is 3.87. The SMILES string of the molecule is FC(F)Cn1cc2ccc(C3(c4cc(Cl)nn5ccnc45)CC3)cc2n1. The fraction of sp³-hybridized carbons (Fsp3) is 0.278.